The number of hydrogen-bond acceptors (Lipinski definition) is 5. The minimum absolute atomic E-state index is 0.0374. The van der Waals surface area contributed by atoms with Gasteiger partial charge in [-0.15, -0.1) is 5.10 Å². The van der Waals surface area contributed by atoms with Crippen molar-refractivity contribution in [1.82, 2.24) is 14.8 Å². The Morgan fingerprint density at radius 3 is 2.94 bits per heavy atom. The molecule has 96 valence electrons. The van der Waals surface area contributed by atoms with Crippen molar-refractivity contribution in [2.45, 2.75) is 18.5 Å². The van der Waals surface area contributed by atoms with Crippen molar-refractivity contribution in [1.29, 1.82) is 0 Å². The molecule has 0 saturated heterocycles. The van der Waals surface area contributed by atoms with E-state index < -0.39 is 5.97 Å². The first-order valence-corrected chi connectivity index (χ1v) is 6.43. The Bertz CT molecular complexity index is 562. The molecule has 2 aromatic rings. The zero-order valence-corrected chi connectivity index (χ0v) is 10.9. The number of thioether (sulfide) groups is 1. The van der Waals surface area contributed by atoms with Crippen LogP contribution in [0.4, 0.5) is 0 Å². The number of hydrogen-bond donors (Lipinski definition) is 1. The number of aryl methyl sites for hydroxylation is 2. The minimum atomic E-state index is -0.879. The van der Waals surface area contributed by atoms with E-state index >= 15 is 0 Å². The van der Waals surface area contributed by atoms with Crippen LogP contribution in [0, 0.1) is 0 Å². The molecule has 0 atom stereocenters. The third kappa shape index (κ3) is 2.73. The van der Waals surface area contributed by atoms with Crippen molar-refractivity contribution in [3.63, 3.8) is 0 Å². The SMILES string of the molecule is CCc1ccc(-c2nc(SCC(=O)O)n(C)n2)o1. The Labute approximate surface area is 108 Å². The Hall–Kier alpha value is -1.76. The van der Waals surface area contributed by atoms with Crippen LogP contribution >= 0.6 is 11.8 Å². The molecule has 2 rings (SSSR count). The second-order valence-corrected chi connectivity index (χ2v) is 4.59. The van der Waals surface area contributed by atoms with Gasteiger partial charge in [-0.2, -0.15) is 4.98 Å². The Morgan fingerprint density at radius 1 is 1.56 bits per heavy atom. The third-order valence-electron chi connectivity index (χ3n) is 2.28. The summed E-state index contributed by atoms with van der Waals surface area (Å²) >= 11 is 1.13. The van der Waals surface area contributed by atoms with Crippen LogP contribution in [0.3, 0.4) is 0 Å². The van der Waals surface area contributed by atoms with Gasteiger partial charge in [0.15, 0.2) is 10.9 Å². The molecule has 0 amide bonds. The van der Waals surface area contributed by atoms with Crippen molar-refractivity contribution in [3.8, 4) is 11.6 Å². The highest BCUT2D eigenvalue weighted by atomic mass is 32.2. The van der Waals surface area contributed by atoms with Crippen LogP contribution in [0.1, 0.15) is 12.7 Å². The summed E-state index contributed by atoms with van der Waals surface area (Å²) in [5.41, 5.74) is 0. The quantitative estimate of drug-likeness (QED) is 0.832. The summed E-state index contributed by atoms with van der Waals surface area (Å²) in [5, 5.41) is 13.4. The fraction of sp³-hybridized carbons (Fsp3) is 0.364. The molecule has 18 heavy (non-hydrogen) atoms. The van der Waals surface area contributed by atoms with Crippen LogP contribution in [0.25, 0.3) is 11.6 Å². The monoisotopic (exact) mass is 267 g/mol. The summed E-state index contributed by atoms with van der Waals surface area (Å²) in [4.78, 5) is 14.8. The van der Waals surface area contributed by atoms with E-state index in [0.717, 1.165) is 23.9 Å². The molecular weight excluding hydrogens is 254 g/mol. The molecule has 0 aliphatic rings. The highest BCUT2D eigenvalue weighted by Gasteiger charge is 2.13. The number of rotatable bonds is 5. The van der Waals surface area contributed by atoms with Crippen LogP contribution in [0.5, 0.6) is 0 Å². The van der Waals surface area contributed by atoms with Gasteiger partial charge < -0.3 is 9.52 Å². The standard InChI is InChI=1S/C11H13N3O3S/c1-3-7-4-5-8(17-7)10-12-11(14(2)13-10)18-6-9(15)16/h4-5H,3,6H2,1-2H3,(H,15,16). The molecule has 0 unspecified atom stereocenters. The van der Waals surface area contributed by atoms with Gasteiger partial charge in [0.25, 0.3) is 0 Å². The molecule has 0 radical (unpaired) electrons. The van der Waals surface area contributed by atoms with Crippen molar-refractivity contribution in [2.75, 3.05) is 5.75 Å². The van der Waals surface area contributed by atoms with Crippen molar-refractivity contribution >= 4 is 17.7 Å². The summed E-state index contributed by atoms with van der Waals surface area (Å²) in [6, 6.07) is 3.70. The van der Waals surface area contributed by atoms with Gasteiger partial charge in [0.05, 0.1) is 5.75 Å². The van der Waals surface area contributed by atoms with E-state index in [-0.39, 0.29) is 5.75 Å². The number of aliphatic carboxylic acids is 1. The third-order valence-corrected chi connectivity index (χ3v) is 3.28. The molecule has 0 aliphatic heterocycles. The van der Waals surface area contributed by atoms with E-state index in [1.165, 1.54) is 0 Å². The highest BCUT2D eigenvalue weighted by molar-refractivity contribution is 7.99. The summed E-state index contributed by atoms with van der Waals surface area (Å²) in [5.74, 6) is 1.03. The van der Waals surface area contributed by atoms with E-state index in [4.69, 9.17) is 9.52 Å². The number of carbonyl (C=O) groups is 1. The average Bonchev–Trinajstić information content (AvgIpc) is 2.92. The topological polar surface area (TPSA) is 81.1 Å². The van der Waals surface area contributed by atoms with Gasteiger partial charge in [-0.3, -0.25) is 4.79 Å². The lowest BCUT2D eigenvalue weighted by atomic mass is 10.3. The van der Waals surface area contributed by atoms with Crippen LogP contribution in [-0.2, 0) is 18.3 Å². The molecule has 2 aromatic heterocycles. The predicted octanol–water partition coefficient (Wildman–Crippen LogP) is 1.81. The van der Waals surface area contributed by atoms with E-state index in [0.29, 0.717) is 16.7 Å². The molecule has 0 aromatic carbocycles. The number of carboxylic acids is 1. The first-order chi connectivity index (χ1) is 8.60. The van der Waals surface area contributed by atoms with Crippen molar-refractivity contribution in [2.24, 2.45) is 7.05 Å². The number of nitrogens with zero attached hydrogens (tertiary/aromatic N) is 3. The molecule has 0 spiro atoms. The molecule has 0 bridgehead atoms. The molecule has 0 aliphatic carbocycles. The minimum Gasteiger partial charge on any atom is -0.481 e. The van der Waals surface area contributed by atoms with Crippen LogP contribution in [0.15, 0.2) is 21.7 Å². The molecule has 2 heterocycles. The van der Waals surface area contributed by atoms with Gasteiger partial charge in [0, 0.05) is 13.5 Å². The first kappa shape index (κ1) is 12.7. The highest BCUT2D eigenvalue weighted by Crippen LogP contribution is 2.22. The number of carboxylic acid groups (broad SMARTS) is 1. The van der Waals surface area contributed by atoms with Gasteiger partial charge in [0.1, 0.15) is 5.76 Å². The van der Waals surface area contributed by atoms with Crippen LogP contribution in [-0.4, -0.2) is 31.6 Å². The van der Waals surface area contributed by atoms with E-state index in [2.05, 4.69) is 10.1 Å². The van der Waals surface area contributed by atoms with Gasteiger partial charge in [-0.05, 0) is 12.1 Å². The fourth-order valence-electron chi connectivity index (χ4n) is 1.41. The summed E-state index contributed by atoms with van der Waals surface area (Å²) in [6.07, 6.45) is 0.813. The Balaban J connectivity index is 2.19. The lowest BCUT2D eigenvalue weighted by Gasteiger charge is -1.94. The lowest BCUT2D eigenvalue weighted by Crippen LogP contribution is -2.00. The van der Waals surface area contributed by atoms with Gasteiger partial charge in [-0.1, -0.05) is 18.7 Å². The number of aromatic nitrogens is 3. The Morgan fingerprint density at radius 2 is 2.33 bits per heavy atom. The van der Waals surface area contributed by atoms with E-state index in [9.17, 15) is 4.79 Å². The molecule has 7 heteroatoms. The maximum atomic E-state index is 10.5. The molecular formula is C11H13N3O3S. The lowest BCUT2D eigenvalue weighted by molar-refractivity contribution is -0.133. The molecule has 0 saturated carbocycles. The number of furan rings is 1. The summed E-state index contributed by atoms with van der Waals surface area (Å²) < 4.78 is 7.10. The maximum absolute atomic E-state index is 10.5. The maximum Gasteiger partial charge on any atom is 0.313 e. The van der Waals surface area contributed by atoms with Crippen molar-refractivity contribution in [3.05, 3.63) is 17.9 Å². The molecule has 6 nitrogen and oxygen atoms in total. The van der Waals surface area contributed by atoms with Crippen molar-refractivity contribution < 1.29 is 14.3 Å². The van der Waals surface area contributed by atoms with Gasteiger partial charge in [-0.25, -0.2) is 4.68 Å². The first-order valence-electron chi connectivity index (χ1n) is 5.45. The van der Waals surface area contributed by atoms with Crippen LogP contribution in [0.2, 0.25) is 0 Å². The zero-order valence-electron chi connectivity index (χ0n) is 10.1. The van der Waals surface area contributed by atoms with E-state index in [1.807, 2.05) is 19.1 Å². The predicted molar refractivity (Wildman–Crippen MR) is 66.4 cm³/mol. The van der Waals surface area contributed by atoms with Crippen LogP contribution < -0.4 is 0 Å². The zero-order chi connectivity index (χ0) is 13.1. The summed E-state index contributed by atoms with van der Waals surface area (Å²) in [6.45, 7) is 2.00. The molecule has 0 fully saturated rings. The normalized spacial score (nSPS) is 10.8. The fourth-order valence-corrected chi connectivity index (χ4v) is 2.05. The second kappa shape index (κ2) is 5.26. The Kier molecular flexibility index (Phi) is 3.71. The van der Waals surface area contributed by atoms with Gasteiger partial charge >= 0.3 is 5.97 Å². The van der Waals surface area contributed by atoms with Gasteiger partial charge in [0.2, 0.25) is 5.82 Å². The largest absolute Gasteiger partial charge is 0.481 e. The average molecular weight is 267 g/mol. The second-order valence-electron chi connectivity index (χ2n) is 3.64. The summed E-state index contributed by atoms with van der Waals surface area (Å²) in [7, 11) is 1.73. The molecule has 1 N–H and O–H groups in total. The van der Waals surface area contributed by atoms with E-state index in [1.54, 1.807) is 11.7 Å². The smallest absolute Gasteiger partial charge is 0.313 e.